The van der Waals surface area contributed by atoms with E-state index in [9.17, 15) is 19.8 Å². The number of aromatic hydroxyl groups is 1. The molecule has 0 amide bonds. The number of nitrogens with two attached hydrogens (primary N) is 1. The number of halogens is 2. The molecule has 0 aliphatic carbocycles. The average Bonchev–Trinajstić information content (AvgIpc) is 2.36. The normalized spacial score (nSPS) is 14.1. The van der Waals surface area contributed by atoms with Crippen molar-refractivity contribution in [3.63, 3.8) is 0 Å². The Labute approximate surface area is 138 Å². The summed E-state index contributed by atoms with van der Waals surface area (Å²) in [6.45, 7) is -0.354. The second kappa shape index (κ2) is 6.81. The number of benzene rings is 1. The van der Waals surface area contributed by atoms with Crippen LogP contribution in [0.5, 0.6) is 5.75 Å². The minimum Gasteiger partial charge on any atom is -0.508 e. The van der Waals surface area contributed by atoms with Crippen molar-refractivity contribution < 1.29 is 19.8 Å². The van der Waals surface area contributed by atoms with E-state index >= 15 is 0 Å². The molecule has 0 unspecified atom stereocenters. The molecule has 0 aromatic heterocycles. The van der Waals surface area contributed by atoms with E-state index < -0.39 is 17.3 Å². The van der Waals surface area contributed by atoms with Crippen LogP contribution in [-0.2, 0) is 16.0 Å². The van der Waals surface area contributed by atoms with Gasteiger partial charge in [-0.1, -0.05) is 12.1 Å². The van der Waals surface area contributed by atoms with Crippen LogP contribution in [-0.4, -0.2) is 35.4 Å². The molecule has 1 aromatic rings. The first-order chi connectivity index (χ1) is 8.84. The maximum atomic E-state index is 12.0. The van der Waals surface area contributed by atoms with Crippen LogP contribution in [0.15, 0.2) is 24.3 Å². The monoisotopic (exact) mass is 490 g/mol. The van der Waals surface area contributed by atoms with Gasteiger partial charge in [-0.2, -0.15) is 1.33 Å². The summed E-state index contributed by atoms with van der Waals surface area (Å²) in [5, 5.41) is 18.6. The van der Waals surface area contributed by atoms with Gasteiger partial charge in [-0.25, -0.2) is 4.79 Å². The van der Waals surface area contributed by atoms with Crippen LogP contribution in [0.3, 0.4) is 0 Å². The molecule has 0 aliphatic rings. The van der Waals surface area contributed by atoms with E-state index in [1.807, 2.05) is 0 Å². The third-order valence-electron chi connectivity index (χ3n) is 2.69. The number of aliphatic carboxylic acids is 1. The van der Waals surface area contributed by atoms with Crippen LogP contribution in [0.4, 0.5) is 0 Å². The zero-order valence-electron chi connectivity index (χ0n) is 9.72. The SMILES string of the molecule is NCC(=O)[C@](Cc1ccc(O)cc1)(C(=O)O)N(I)I. The van der Waals surface area contributed by atoms with Gasteiger partial charge in [-0.3, -0.25) is 4.79 Å². The predicted molar refractivity (Wildman–Crippen MR) is 86.1 cm³/mol. The standard InChI is InChI=1S/C11H12I2N2O4/c12-15(13)11(10(18)19,9(17)6-14)5-7-1-3-8(16)4-2-7/h1-4,16H,5-6,14H2,(H,18,19)/t11-/m1/s1. The molecule has 104 valence electrons. The van der Waals surface area contributed by atoms with Gasteiger partial charge in [0.2, 0.25) is 5.54 Å². The van der Waals surface area contributed by atoms with Gasteiger partial charge in [0.1, 0.15) is 5.75 Å². The van der Waals surface area contributed by atoms with E-state index in [0.717, 1.165) is 0 Å². The van der Waals surface area contributed by atoms with Crippen LogP contribution in [0, 0.1) is 0 Å². The molecule has 0 spiro atoms. The molecule has 0 fully saturated rings. The van der Waals surface area contributed by atoms with E-state index in [4.69, 9.17) is 5.73 Å². The number of carboxylic acids is 1. The summed E-state index contributed by atoms with van der Waals surface area (Å²) in [5.74, 6) is -1.74. The number of nitrogens with zero attached hydrogens (tertiary/aromatic N) is 1. The minimum atomic E-state index is -1.72. The number of hydrogen-bond donors (Lipinski definition) is 3. The Bertz CT molecular complexity index is 478. The van der Waals surface area contributed by atoms with Gasteiger partial charge in [-0.15, -0.1) is 0 Å². The minimum absolute atomic E-state index is 0.0233. The zero-order valence-corrected chi connectivity index (χ0v) is 14.0. The lowest BCUT2D eigenvalue weighted by Crippen LogP contribution is -2.57. The predicted octanol–water partition coefficient (Wildman–Crippen LogP) is 1.29. The maximum Gasteiger partial charge on any atom is 0.333 e. The summed E-state index contributed by atoms with van der Waals surface area (Å²) in [6, 6.07) is 6.04. The molecule has 0 radical (unpaired) electrons. The highest BCUT2D eigenvalue weighted by Crippen LogP contribution is 2.30. The van der Waals surface area contributed by atoms with Crippen LogP contribution in [0.25, 0.3) is 0 Å². The van der Waals surface area contributed by atoms with Gasteiger partial charge < -0.3 is 15.9 Å². The molecular formula is C11H12I2N2O4. The van der Waals surface area contributed by atoms with E-state index in [1.165, 1.54) is 13.5 Å². The number of carboxylic acid groups (broad SMARTS) is 1. The highest BCUT2D eigenvalue weighted by atomic mass is 127. The molecule has 0 bridgehead atoms. The summed E-state index contributed by atoms with van der Waals surface area (Å²) < 4.78 is 1.30. The van der Waals surface area contributed by atoms with Crippen molar-refractivity contribution in [3.05, 3.63) is 29.8 Å². The second-order valence-corrected chi connectivity index (χ2v) is 7.64. The topological polar surface area (TPSA) is 104 Å². The second-order valence-electron chi connectivity index (χ2n) is 3.87. The molecule has 4 N–H and O–H groups in total. The van der Waals surface area contributed by atoms with Gasteiger partial charge in [0, 0.05) is 52.1 Å². The Morgan fingerprint density at radius 1 is 1.26 bits per heavy atom. The van der Waals surface area contributed by atoms with E-state index in [1.54, 1.807) is 57.9 Å². The number of carbonyl (C=O) groups excluding carboxylic acids is 1. The van der Waals surface area contributed by atoms with E-state index in [0.29, 0.717) is 5.56 Å². The van der Waals surface area contributed by atoms with Crippen molar-refractivity contribution >= 4 is 57.5 Å². The largest absolute Gasteiger partial charge is 0.508 e. The van der Waals surface area contributed by atoms with Crippen molar-refractivity contribution in [2.45, 2.75) is 12.0 Å². The summed E-state index contributed by atoms with van der Waals surface area (Å²) in [4.78, 5) is 23.5. The number of phenolic OH excluding ortho intramolecular Hbond substituents is 1. The average molecular weight is 490 g/mol. The van der Waals surface area contributed by atoms with Gasteiger partial charge in [0.05, 0.1) is 6.54 Å². The van der Waals surface area contributed by atoms with Crippen LogP contribution in [0.1, 0.15) is 5.56 Å². The lowest BCUT2D eigenvalue weighted by atomic mass is 9.87. The number of Topliss-reactive ketones (excluding diaryl/α,β-unsaturated/α-hetero) is 1. The van der Waals surface area contributed by atoms with Crippen molar-refractivity contribution in [3.8, 4) is 5.75 Å². The van der Waals surface area contributed by atoms with E-state index in [-0.39, 0.29) is 18.7 Å². The fourth-order valence-electron chi connectivity index (χ4n) is 1.60. The molecule has 0 saturated heterocycles. The number of hydrogen-bond acceptors (Lipinski definition) is 5. The third kappa shape index (κ3) is 3.55. The molecule has 8 heteroatoms. The quantitative estimate of drug-likeness (QED) is 0.316. The Kier molecular flexibility index (Phi) is 5.95. The maximum absolute atomic E-state index is 12.0. The number of carbonyl (C=O) groups is 2. The smallest absolute Gasteiger partial charge is 0.333 e. The fourth-order valence-corrected chi connectivity index (χ4v) is 2.89. The Balaban J connectivity index is 3.20. The summed E-state index contributed by atoms with van der Waals surface area (Å²) in [7, 11) is 0. The molecular weight excluding hydrogens is 478 g/mol. The first kappa shape index (κ1) is 16.6. The van der Waals surface area contributed by atoms with Gasteiger partial charge in [0.25, 0.3) is 0 Å². The van der Waals surface area contributed by atoms with Gasteiger partial charge >= 0.3 is 5.97 Å². The molecule has 1 rings (SSSR count). The number of ketones is 1. The fraction of sp³-hybridized carbons (Fsp3) is 0.273. The third-order valence-corrected chi connectivity index (χ3v) is 4.33. The zero-order chi connectivity index (χ0) is 14.6. The van der Waals surface area contributed by atoms with Gasteiger partial charge in [-0.05, 0) is 17.7 Å². The molecule has 6 nitrogen and oxygen atoms in total. The highest BCUT2D eigenvalue weighted by Gasteiger charge is 2.49. The summed E-state index contributed by atoms with van der Waals surface area (Å²) in [6.07, 6.45) is -0.0233. The Morgan fingerprint density at radius 2 is 1.79 bits per heavy atom. The van der Waals surface area contributed by atoms with E-state index in [2.05, 4.69) is 0 Å². The molecule has 19 heavy (non-hydrogen) atoms. The van der Waals surface area contributed by atoms with Crippen LogP contribution < -0.4 is 5.73 Å². The van der Waals surface area contributed by atoms with Crippen molar-refractivity contribution in [1.29, 1.82) is 0 Å². The highest BCUT2D eigenvalue weighted by molar-refractivity contribution is 14.2. The number of rotatable bonds is 6. The first-order valence-corrected chi connectivity index (χ1v) is 7.14. The first-order valence-electron chi connectivity index (χ1n) is 5.21. The van der Waals surface area contributed by atoms with Gasteiger partial charge in [0.15, 0.2) is 5.78 Å². The summed E-state index contributed by atoms with van der Waals surface area (Å²) >= 11 is 3.52. The number of phenols is 1. The van der Waals surface area contributed by atoms with Crippen LogP contribution >= 0.6 is 45.7 Å². The van der Waals surface area contributed by atoms with Crippen molar-refractivity contribution in [2.24, 2.45) is 5.73 Å². The lowest BCUT2D eigenvalue weighted by Gasteiger charge is -2.30. The van der Waals surface area contributed by atoms with Crippen molar-refractivity contribution in [2.75, 3.05) is 6.54 Å². The Hall–Kier alpha value is -0.460. The molecule has 1 atom stereocenters. The molecule has 1 aromatic carbocycles. The molecule has 0 aliphatic heterocycles. The lowest BCUT2D eigenvalue weighted by molar-refractivity contribution is -0.150. The summed E-state index contributed by atoms with van der Waals surface area (Å²) in [5.41, 5.74) is 4.24. The molecule has 0 heterocycles. The van der Waals surface area contributed by atoms with Crippen LogP contribution in [0.2, 0.25) is 0 Å². The van der Waals surface area contributed by atoms with Crippen molar-refractivity contribution in [1.82, 2.24) is 1.33 Å². The Morgan fingerprint density at radius 3 is 2.16 bits per heavy atom. The molecule has 0 saturated carbocycles.